The number of hydrogen-bond acceptors (Lipinski definition) is 3. The van der Waals surface area contributed by atoms with Gasteiger partial charge in [0.2, 0.25) is 0 Å². The summed E-state index contributed by atoms with van der Waals surface area (Å²) < 4.78 is 4.13. The molecule has 0 aromatic heterocycles. The molecule has 2 radical (unpaired) electrons. The first-order valence-electron chi connectivity index (χ1n) is 2.42. The van der Waals surface area contributed by atoms with Crippen LogP contribution in [0.3, 0.4) is 0 Å². The molecule has 0 unspecified atom stereocenters. The first kappa shape index (κ1) is 12.5. The van der Waals surface area contributed by atoms with Gasteiger partial charge in [-0.3, -0.25) is 4.79 Å². The van der Waals surface area contributed by atoms with Crippen LogP contribution in [0.5, 0.6) is 0 Å². The average molecular weight is 337 g/mol. The van der Waals surface area contributed by atoms with Gasteiger partial charge >= 0.3 is 39.2 Å². The van der Waals surface area contributed by atoms with Crippen molar-refractivity contribution in [2.24, 2.45) is 0 Å². The van der Waals surface area contributed by atoms with Crippen LogP contribution in [0.25, 0.3) is 0 Å². The number of ether oxygens (including phenoxy) is 1. The third kappa shape index (κ3) is 5.93. The maximum atomic E-state index is 10.4. The van der Waals surface area contributed by atoms with Gasteiger partial charge in [0.15, 0.2) is 0 Å². The number of esters is 2. The van der Waals surface area contributed by atoms with Crippen LogP contribution in [0.2, 0.25) is 0 Å². The van der Waals surface area contributed by atoms with E-state index in [1.165, 1.54) is 13.8 Å². The Bertz CT molecular complexity index is 162. The van der Waals surface area contributed by atoms with Crippen LogP contribution < -0.4 is 0 Å². The molecule has 10 heavy (non-hydrogen) atoms. The van der Waals surface area contributed by atoms with Crippen molar-refractivity contribution in [2.45, 2.75) is 13.8 Å². The standard InChI is InChI=1S/C6H8O3.Pb.2H/c1-4(2)6(8)9-5(3)7;;;/h1H2,2-3H3;;;. The first-order chi connectivity index (χ1) is 4.04. The van der Waals surface area contributed by atoms with Crippen LogP contribution in [-0.2, 0) is 14.3 Å². The number of hydrogen-bond donors (Lipinski definition) is 0. The Morgan fingerprint density at radius 1 is 1.30 bits per heavy atom. The second-order valence-corrected chi connectivity index (χ2v) is 1.66. The van der Waals surface area contributed by atoms with Crippen LogP contribution in [0.1, 0.15) is 13.8 Å². The summed E-state index contributed by atoms with van der Waals surface area (Å²) in [5, 5.41) is 0. The van der Waals surface area contributed by atoms with E-state index in [4.69, 9.17) is 0 Å². The van der Waals surface area contributed by atoms with Gasteiger partial charge in [0.1, 0.15) is 0 Å². The van der Waals surface area contributed by atoms with E-state index in [1.807, 2.05) is 0 Å². The van der Waals surface area contributed by atoms with E-state index in [1.54, 1.807) is 0 Å². The molecule has 0 heterocycles. The van der Waals surface area contributed by atoms with Gasteiger partial charge in [-0.2, -0.15) is 0 Å². The molecule has 0 bridgehead atoms. The molecule has 0 N–H and O–H groups in total. The molecule has 0 aliphatic rings. The fourth-order valence-electron chi connectivity index (χ4n) is 0.218. The van der Waals surface area contributed by atoms with E-state index in [0.717, 1.165) is 0 Å². The normalized spacial score (nSPS) is 7.40. The molecule has 0 saturated heterocycles. The number of rotatable bonds is 1. The Kier molecular flexibility index (Phi) is 6.96. The van der Waals surface area contributed by atoms with E-state index < -0.39 is 11.9 Å². The van der Waals surface area contributed by atoms with Crippen LogP contribution in [0.15, 0.2) is 12.2 Å². The molecule has 0 rings (SSSR count). The summed E-state index contributed by atoms with van der Waals surface area (Å²) in [4.78, 5) is 20.5. The molecule has 0 aliphatic heterocycles. The number of carbonyl (C=O) groups excluding carboxylic acids is 2. The molecule has 0 amide bonds. The van der Waals surface area contributed by atoms with E-state index in [0.29, 0.717) is 0 Å². The first-order valence-corrected chi connectivity index (χ1v) is 2.42. The zero-order valence-electron chi connectivity index (χ0n) is 6.14. The van der Waals surface area contributed by atoms with E-state index in [-0.39, 0.29) is 32.9 Å². The van der Waals surface area contributed by atoms with Crippen molar-refractivity contribution in [3.63, 3.8) is 0 Å². The topological polar surface area (TPSA) is 43.4 Å². The molecular weight excluding hydrogens is 327 g/mol. The van der Waals surface area contributed by atoms with Crippen molar-refractivity contribution in [2.75, 3.05) is 0 Å². The van der Waals surface area contributed by atoms with Gasteiger partial charge in [0, 0.05) is 12.5 Å². The van der Waals surface area contributed by atoms with Crippen molar-refractivity contribution in [3.8, 4) is 0 Å². The molecule has 0 atom stereocenters. The predicted octanol–water partition coefficient (Wildman–Crippen LogP) is -0.264. The summed E-state index contributed by atoms with van der Waals surface area (Å²) >= 11 is 0. The zero-order valence-corrected chi connectivity index (χ0v) is 11.6. The van der Waals surface area contributed by atoms with Crippen molar-refractivity contribution < 1.29 is 14.3 Å². The van der Waals surface area contributed by atoms with E-state index in [9.17, 15) is 9.59 Å². The summed E-state index contributed by atoms with van der Waals surface area (Å²) in [6, 6.07) is 0. The third-order valence-electron chi connectivity index (χ3n) is 0.585. The fourth-order valence-corrected chi connectivity index (χ4v) is 0.218. The third-order valence-corrected chi connectivity index (χ3v) is 0.585. The van der Waals surface area contributed by atoms with Gasteiger partial charge in [0.05, 0.1) is 0 Å². The van der Waals surface area contributed by atoms with Crippen molar-refractivity contribution in [3.05, 3.63) is 12.2 Å². The second kappa shape index (κ2) is 5.58. The summed E-state index contributed by atoms with van der Waals surface area (Å²) in [5.41, 5.74) is 0.227. The van der Waals surface area contributed by atoms with Crippen LogP contribution in [-0.4, -0.2) is 39.2 Å². The Hall–Kier alpha value is -0.198. The fraction of sp³-hybridized carbons (Fsp3) is 0.333. The molecule has 56 valence electrons. The maximum absolute atomic E-state index is 10.4. The summed E-state index contributed by atoms with van der Waals surface area (Å²) in [5.74, 6) is -1.27. The van der Waals surface area contributed by atoms with Crippen LogP contribution in [0.4, 0.5) is 0 Å². The minimum absolute atomic E-state index is 0. The van der Waals surface area contributed by atoms with Gasteiger partial charge in [-0.25, -0.2) is 4.79 Å². The SMILES string of the molecule is C=C(C)C(=O)OC(C)=O.[PbH2]. The second-order valence-electron chi connectivity index (χ2n) is 1.66. The Morgan fingerprint density at radius 3 is 1.80 bits per heavy atom. The quantitative estimate of drug-likeness (QED) is 0.287. The van der Waals surface area contributed by atoms with Gasteiger partial charge in [-0.05, 0) is 6.92 Å². The monoisotopic (exact) mass is 338 g/mol. The summed E-state index contributed by atoms with van der Waals surface area (Å²) in [6.07, 6.45) is 0. The Morgan fingerprint density at radius 2 is 1.70 bits per heavy atom. The molecule has 4 heteroatoms. The molecule has 0 aliphatic carbocycles. The van der Waals surface area contributed by atoms with Crippen molar-refractivity contribution in [1.29, 1.82) is 0 Å². The van der Waals surface area contributed by atoms with Gasteiger partial charge in [0.25, 0.3) is 0 Å². The van der Waals surface area contributed by atoms with Gasteiger partial charge < -0.3 is 4.74 Å². The molecule has 0 spiro atoms. The molecule has 0 aromatic carbocycles. The van der Waals surface area contributed by atoms with Crippen molar-refractivity contribution in [1.82, 2.24) is 0 Å². The average Bonchev–Trinajstić information content (AvgIpc) is 1.63. The molecule has 0 saturated carbocycles. The zero-order chi connectivity index (χ0) is 7.44. The van der Waals surface area contributed by atoms with Crippen LogP contribution in [0, 0.1) is 0 Å². The Labute approximate surface area is 79.6 Å². The molecule has 3 nitrogen and oxygen atoms in total. The molecule has 0 fully saturated rings. The molecular formula is C6H10O3Pb. The van der Waals surface area contributed by atoms with Gasteiger partial charge in [-0.1, -0.05) is 6.58 Å². The molecule has 0 aromatic rings. The summed E-state index contributed by atoms with van der Waals surface area (Å²) in [7, 11) is 0. The van der Waals surface area contributed by atoms with Crippen LogP contribution >= 0.6 is 0 Å². The summed E-state index contributed by atoms with van der Waals surface area (Å²) in [6.45, 7) is 5.93. The van der Waals surface area contributed by atoms with Gasteiger partial charge in [-0.15, -0.1) is 0 Å². The van der Waals surface area contributed by atoms with E-state index in [2.05, 4.69) is 11.3 Å². The number of carbonyl (C=O) groups is 2. The van der Waals surface area contributed by atoms with E-state index >= 15 is 0 Å². The Balaban J connectivity index is 0. The van der Waals surface area contributed by atoms with Crippen molar-refractivity contribution >= 4 is 39.2 Å². The minimum atomic E-state index is -0.664. The predicted molar refractivity (Wildman–Crippen MR) is 40.1 cm³/mol.